The summed E-state index contributed by atoms with van der Waals surface area (Å²) in [7, 11) is 0. The Morgan fingerprint density at radius 2 is 1.76 bits per heavy atom. The minimum atomic E-state index is -4.51. The summed E-state index contributed by atoms with van der Waals surface area (Å²) in [5.41, 5.74) is -0.922. The average Bonchev–Trinajstić information content (AvgIpc) is 2.86. The zero-order valence-electron chi connectivity index (χ0n) is 21.2. The molecule has 1 fully saturated rings. The lowest BCUT2D eigenvalue weighted by molar-refractivity contribution is -0.138. The number of halogens is 3. The van der Waals surface area contributed by atoms with E-state index >= 15 is 0 Å². The summed E-state index contributed by atoms with van der Waals surface area (Å²) >= 11 is 0. The van der Waals surface area contributed by atoms with Crippen LogP contribution in [0.5, 0.6) is 5.75 Å². The highest BCUT2D eigenvalue weighted by Gasteiger charge is 2.36. The van der Waals surface area contributed by atoms with Crippen LogP contribution in [0.4, 0.5) is 29.6 Å². The fraction of sp³-hybridized carbons (Fsp3) is 0.480. The van der Waals surface area contributed by atoms with Crippen LogP contribution in [-0.4, -0.2) is 77.6 Å². The average molecular weight is 536 g/mol. The number of aldehydes is 1. The fourth-order valence-corrected chi connectivity index (χ4v) is 4.14. The zero-order valence-corrected chi connectivity index (χ0v) is 21.2. The monoisotopic (exact) mass is 535 g/mol. The van der Waals surface area contributed by atoms with Crippen molar-refractivity contribution in [3.05, 3.63) is 41.7 Å². The molecule has 1 aromatic carbocycles. The molecule has 3 heterocycles. The van der Waals surface area contributed by atoms with Crippen LogP contribution in [-0.2, 0) is 15.7 Å². The van der Waals surface area contributed by atoms with Crippen molar-refractivity contribution in [2.45, 2.75) is 45.1 Å². The normalized spacial score (nSPS) is 17.9. The van der Waals surface area contributed by atoms with Gasteiger partial charge in [-0.15, -0.1) is 0 Å². The number of aromatic nitrogens is 2. The molecular formula is C25H28F3N5O5. The summed E-state index contributed by atoms with van der Waals surface area (Å²) in [4.78, 5) is 49.6. The molecule has 2 aromatic rings. The molecule has 0 radical (unpaired) electrons. The predicted octanol–water partition coefficient (Wildman–Crippen LogP) is 3.55. The van der Waals surface area contributed by atoms with E-state index < -0.39 is 29.5 Å². The Morgan fingerprint density at radius 3 is 2.34 bits per heavy atom. The number of piperazine rings is 1. The second-order valence-corrected chi connectivity index (χ2v) is 10.0. The van der Waals surface area contributed by atoms with Crippen LogP contribution in [0.1, 0.15) is 43.1 Å². The number of fused-ring (bicyclic) bond motifs is 1. The third kappa shape index (κ3) is 6.32. The highest BCUT2D eigenvalue weighted by Crippen LogP contribution is 2.36. The van der Waals surface area contributed by atoms with E-state index in [1.165, 1.54) is 11.0 Å². The number of anilines is 2. The first kappa shape index (κ1) is 27.1. The van der Waals surface area contributed by atoms with Crippen LogP contribution >= 0.6 is 0 Å². The molecule has 2 aliphatic rings. The molecule has 1 aromatic heterocycles. The molecule has 204 valence electrons. The molecule has 38 heavy (non-hydrogen) atoms. The van der Waals surface area contributed by atoms with Crippen LogP contribution < -0.4 is 14.5 Å². The summed E-state index contributed by atoms with van der Waals surface area (Å²) in [6.45, 7) is 6.62. The topological polar surface area (TPSA) is 105 Å². The Hall–Kier alpha value is -3.90. The van der Waals surface area contributed by atoms with Crippen molar-refractivity contribution in [2.75, 3.05) is 42.5 Å². The van der Waals surface area contributed by atoms with Gasteiger partial charge in [0.15, 0.2) is 0 Å². The summed E-state index contributed by atoms with van der Waals surface area (Å²) in [5, 5.41) is 0. The molecular weight excluding hydrogens is 507 g/mol. The lowest BCUT2D eigenvalue weighted by Crippen LogP contribution is -2.51. The van der Waals surface area contributed by atoms with Crippen molar-refractivity contribution >= 4 is 29.9 Å². The highest BCUT2D eigenvalue weighted by atomic mass is 19.4. The summed E-state index contributed by atoms with van der Waals surface area (Å²) in [6, 6.07) is 4.68. The summed E-state index contributed by atoms with van der Waals surface area (Å²) in [5.74, 6) is 0.329. The molecule has 0 bridgehead atoms. The minimum Gasteiger partial charge on any atom is -0.486 e. The van der Waals surface area contributed by atoms with Crippen molar-refractivity contribution < 1.29 is 37.0 Å². The summed E-state index contributed by atoms with van der Waals surface area (Å²) < 4.78 is 49.8. The predicted molar refractivity (Wildman–Crippen MR) is 130 cm³/mol. The largest absolute Gasteiger partial charge is 0.486 e. The lowest BCUT2D eigenvalue weighted by atomic mass is 10.1. The van der Waals surface area contributed by atoms with Crippen molar-refractivity contribution in [3.63, 3.8) is 0 Å². The van der Waals surface area contributed by atoms with Crippen LogP contribution in [0.3, 0.4) is 0 Å². The van der Waals surface area contributed by atoms with Crippen LogP contribution in [0.25, 0.3) is 0 Å². The third-order valence-electron chi connectivity index (χ3n) is 5.99. The van der Waals surface area contributed by atoms with E-state index in [1.807, 2.05) is 0 Å². The van der Waals surface area contributed by atoms with Crippen molar-refractivity contribution in [2.24, 2.45) is 0 Å². The van der Waals surface area contributed by atoms with E-state index in [1.54, 1.807) is 42.7 Å². The van der Waals surface area contributed by atoms with Crippen molar-refractivity contribution in [3.8, 4) is 5.75 Å². The second kappa shape index (κ2) is 10.5. The van der Waals surface area contributed by atoms with Gasteiger partial charge in [0, 0.05) is 44.1 Å². The highest BCUT2D eigenvalue weighted by molar-refractivity contribution is 5.92. The van der Waals surface area contributed by atoms with E-state index in [9.17, 15) is 27.6 Å². The van der Waals surface area contributed by atoms with Gasteiger partial charge in [0.1, 0.15) is 23.7 Å². The SMILES string of the molecule is CC(C)(C)OC(=O)N1CC(CC(=O)N2CCN(c3ncc(C(F)(F)F)cn3)CC2)Oc2ccc(C=O)cc21. The minimum absolute atomic E-state index is 0.00898. The number of ether oxygens (including phenoxy) is 2. The molecule has 2 aliphatic heterocycles. The number of carbonyl (C=O) groups is 3. The first-order valence-corrected chi connectivity index (χ1v) is 12.0. The second-order valence-electron chi connectivity index (χ2n) is 10.0. The number of hydrogen-bond donors (Lipinski definition) is 0. The number of nitrogens with zero attached hydrogens (tertiary/aromatic N) is 5. The number of benzene rings is 1. The maximum atomic E-state index is 13.1. The molecule has 0 spiro atoms. The molecule has 10 nitrogen and oxygen atoms in total. The molecule has 4 rings (SSSR count). The Bertz CT molecular complexity index is 1190. The first-order chi connectivity index (χ1) is 17.8. The van der Waals surface area contributed by atoms with Gasteiger partial charge in [-0.05, 0) is 39.0 Å². The number of amides is 2. The van der Waals surface area contributed by atoms with Gasteiger partial charge in [-0.1, -0.05) is 0 Å². The number of rotatable bonds is 4. The number of hydrogen-bond acceptors (Lipinski definition) is 8. The molecule has 0 N–H and O–H groups in total. The Balaban J connectivity index is 1.39. The van der Waals surface area contributed by atoms with Crippen molar-refractivity contribution in [1.29, 1.82) is 0 Å². The van der Waals surface area contributed by atoms with E-state index in [0.29, 0.717) is 49.5 Å². The third-order valence-corrected chi connectivity index (χ3v) is 5.99. The maximum Gasteiger partial charge on any atom is 0.419 e. The Kier molecular flexibility index (Phi) is 7.47. The molecule has 1 saturated heterocycles. The summed E-state index contributed by atoms with van der Waals surface area (Å²) in [6.07, 6.45) is -3.64. The molecule has 0 aliphatic carbocycles. The Labute approximate surface area is 217 Å². The van der Waals surface area contributed by atoms with Crippen molar-refractivity contribution in [1.82, 2.24) is 14.9 Å². The van der Waals surface area contributed by atoms with Crippen LogP contribution in [0.15, 0.2) is 30.6 Å². The quantitative estimate of drug-likeness (QED) is 0.548. The Morgan fingerprint density at radius 1 is 1.11 bits per heavy atom. The van der Waals surface area contributed by atoms with E-state index in [4.69, 9.17) is 9.47 Å². The van der Waals surface area contributed by atoms with E-state index in [2.05, 4.69) is 9.97 Å². The smallest absolute Gasteiger partial charge is 0.419 e. The first-order valence-electron chi connectivity index (χ1n) is 12.0. The molecule has 13 heteroatoms. The molecule has 0 saturated carbocycles. The lowest BCUT2D eigenvalue weighted by Gasteiger charge is -2.38. The fourth-order valence-electron chi connectivity index (χ4n) is 4.14. The van der Waals surface area contributed by atoms with Gasteiger partial charge in [0.25, 0.3) is 0 Å². The molecule has 2 amide bonds. The van der Waals surface area contributed by atoms with Crippen LogP contribution in [0, 0.1) is 0 Å². The van der Waals surface area contributed by atoms with Gasteiger partial charge in [-0.3, -0.25) is 14.5 Å². The van der Waals surface area contributed by atoms with Gasteiger partial charge in [0.2, 0.25) is 11.9 Å². The van der Waals surface area contributed by atoms with Gasteiger partial charge in [-0.2, -0.15) is 13.2 Å². The maximum absolute atomic E-state index is 13.1. The molecule has 1 atom stereocenters. The van der Waals surface area contributed by atoms with E-state index in [0.717, 1.165) is 12.4 Å². The number of carbonyl (C=O) groups excluding carboxylic acids is 3. The number of alkyl halides is 3. The van der Waals surface area contributed by atoms with Gasteiger partial charge >= 0.3 is 12.3 Å². The molecule has 1 unspecified atom stereocenters. The van der Waals surface area contributed by atoms with Gasteiger partial charge in [0.05, 0.1) is 24.2 Å². The zero-order chi connectivity index (χ0) is 27.7. The van der Waals surface area contributed by atoms with E-state index in [-0.39, 0.29) is 24.8 Å². The van der Waals surface area contributed by atoms with Gasteiger partial charge in [-0.25, -0.2) is 14.8 Å². The standard InChI is InChI=1S/C25H28F3N5O5/c1-24(2,3)38-23(36)33-14-18(37-20-5-4-16(15-34)10-19(20)33)11-21(35)31-6-8-32(9-7-31)22-29-12-17(13-30-22)25(26,27)28/h4-5,10,12-13,15,18H,6-9,11,14H2,1-3H3. The van der Waals surface area contributed by atoms with Crippen LogP contribution in [0.2, 0.25) is 0 Å². The van der Waals surface area contributed by atoms with Gasteiger partial charge < -0.3 is 19.3 Å².